The Labute approximate surface area is 94.5 Å². The van der Waals surface area contributed by atoms with Crippen LogP contribution in [0.3, 0.4) is 0 Å². The number of rotatable bonds is 1. The van der Waals surface area contributed by atoms with E-state index in [9.17, 15) is 0 Å². The Balaban J connectivity index is 2.24. The molecule has 0 aliphatic heterocycles. The summed E-state index contributed by atoms with van der Waals surface area (Å²) in [6.07, 6.45) is 7.85. The highest BCUT2D eigenvalue weighted by Crippen LogP contribution is 2.47. The van der Waals surface area contributed by atoms with Crippen LogP contribution in [0.5, 0.6) is 0 Å². The van der Waals surface area contributed by atoms with Gasteiger partial charge in [-0.3, -0.25) is 0 Å². The molecule has 3 atom stereocenters. The van der Waals surface area contributed by atoms with Gasteiger partial charge in [-0.1, -0.05) is 37.6 Å². The Morgan fingerprint density at radius 1 is 1.27 bits per heavy atom. The molecule has 0 nitrogen and oxygen atoms in total. The van der Waals surface area contributed by atoms with Gasteiger partial charge in [0.05, 0.1) is 0 Å². The fraction of sp³-hybridized carbons (Fsp3) is 0.733. The lowest BCUT2D eigenvalue weighted by Crippen LogP contribution is -2.33. The zero-order valence-corrected chi connectivity index (χ0v) is 10.4. The molecule has 0 aromatic heterocycles. The lowest BCUT2D eigenvalue weighted by atomic mass is 9.62. The summed E-state index contributed by atoms with van der Waals surface area (Å²) in [4.78, 5) is 0. The molecule has 0 bridgehead atoms. The van der Waals surface area contributed by atoms with Crippen molar-refractivity contribution in [2.45, 2.75) is 46.5 Å². The first kappa shape index (κ1) is 11.0. The first-order valence-electron chi connectivity index (χ1n) is 6.44. The van der Waals surface area contributed by atoms with Crippen molar-refractivity contribution < 1.29 is 0 Å². The third-order valence-electron chi connectivity index (χ3n) is 4.47. The van der Waals surface area contributed by atoms with E-state index in [2.05, 4.69) is 33.4 Å². The molecular formula is C15H24. The lowest BCUT2D eigenvalue weighted by Gasteiger charge is -2.43. The average molecular weight is 204 g/mol. The Kier molecular flexibility index (Phi) is 3.04. The zero-order valence-electron chi connectivity index (χ0n) is 10.4. The second-order valence-electron chi connectivity index (χ2n) is 5.84. The highest BCUT2D eigenvalue weighted by atomic mass is 14.4. The second-order valence-corrected chi connectivity index (χ2v) is 5.84. The fourth-order valence-electron chi connectivity index (χ4n) is 3.51. The highest BCUT2D eigenvalue weighted by molar-refractivity contribution is 5.19. The molecule has 2 aliphatic rings. The van der Waals surface area contributed by atoms with Crippen molar-refractivity contribution >= 4 is 0 Å². The summed E-state index contributed by atoms with van der Waals surface area (Å²) in [7, 11) is 0. The molecular weight excluding hydrogens is 180 g/mol. The Morgan fingerprint density at radius 2 is 2.00 bits per heavy atom. The molecule has 0 spiro atoms. The van der Waals surface area contributed by atoms with Crippen LogP contribution < -0.4 is 0 Å². The van der Waals surface area contributed by atoms with Gasteiger partial charge in [-0.05, 0) is 56.3 Å². The van der Waals surface area contributed by atoms with E-state index < -0.39 is 0 Å². The largest absolute Gasteiger partial charge is 0.0996 e. The molecule has 1 fully saturated rings. The summed E-state index contributed by atoms with van der Waals surface area (Å²) in [5, 5.41) is 0. The van der Waals surface area contributed by atoms with Gasteiger partial charge in [-0.2, -0.15) is 0 Å². The van der Waals surface area contributed by atoms with Crippen LogP contribution in [0.1, 0.15) is 46.5 Å². The van der Waals surface area contributed by atoms with Crippen molar-refractivity contribution in [1.29, 1.82) is 0 Å². The van der Waals surface area contributed by atoms with E-state index in [0.29, 0.717) is 0 Å². The van der Waals surface area contributed by atoms with Crippen molar-refractivity contribution in [2.24, 2.45) is 23.7 Å². The molecule has 84 valence electrons. The van der Waals surface area contributed by atoms with Crippen molar-refractivity contribution in [3.05, 3.63) is 23.8 Å². The molecule has 0 heterocycles. The van der Waals surface area contributed by atoms with Gasteiger partial charge in [-0.15, -0.1) is 0 Å². The van der Waals surface area contributed by atoms with Gasteiger partial charge in [0.2, 0.25) is 0 Å². The van der Waals surface area contributed by atoms with Crippen LogP contribution in [0.4, 0.5) is 0 Å². The monoisotopic (exact) mass is 204 g/mol. The van der Waals surface area contributed by atoms with Crippen molar-refractivity contribution in [3.8, 4) is 0 Å². The van der Waals surface area contributed by atoms with Gasteiger partial charge < -0.3 is 0 Å². The third-order valence-corrected chi connectivity index (χ3v) is 4.47. The molecule has 2 rings (SSSR count). The second kappa shape index (κ2) is 4.15. The number of allylic oxidation sites excluding steroid dienone is 3. The number of hydrogen-bond acceptors (Lipinski definition) is 0. The normalized spacial score (nSPS) is 36.4. The standard InChI is InChI=1S/C15H24/c1-10(2)13-8-6-12(4)14-7-5-11(3)9-15(13)14/h9-10,13-15H,4-8H2,1-3H3/t13-,14+,15+/m0/s1. The summed E-state index contributed by atoms with van der Waals surface area (Å²) in [5.74, 6) is 3.33. The molecule has 0 saturated heterocycles. The van der Waals surface area contributed by atoms with Gasteiger partial charge in [0, 0.05) is 0 Å². The van der Waals surface area contributed by atoms with E-state index in [1.807, 2.05) is 0 Å². The maximum absolute atomic E-state index is 4.29. The maximum atomic E-state index is 4.29. The molecule has 2 aliphatic carbocycles. The van der Waals surface area contributed by atoms with Crippen LogP contribution >= 0.6 is 0 Å². The summed E-state index contributed by atoms with van der Waals surface area (Å²) < 4.78 is 0. The molecule has 1 saturated carbocycles. The van der Waals surface area contributed by atoms with Crippen LogP contribution in [0, 0.1) is 23.7 Å². The maximum Gasteiger partial charge on any atom is -0.0134 e. The van der Waals surface area contributed by atoms with E-state index in [-0.39, 0.29) is 0 Å². The van der Waals surface area contributed by atoms with Crippen molar-refractivity contribution in [1.82, 2.24) is 0 Å². The smallest absolute Gasteiger partial charge is 0.0134 e. The van der Waals surface area contributed by atoms with Crippen molar-refractivity contribution in [2.75, 3.05) is 0 Å². The number of hydrogen-bond donors (Lipinski definition) is 0. The molecule has 0 amide bonds. The quantitative estimate of drug-likeness (QED) is 0.548. The predicted octanol–water partition coefficient (Wildman–Crippen LogP) is 4.58. The minimum Gasteiger partial charge on any atom is -0.0996 e. The van der Waals surface area contributed by atoms with Gasteiger partial charge >= 0.3 is 0 Å². The molecule has 0 aromatic rings. The van der Waals surface area contributed by atoms with Gasteiger partial charge in [0.1, 0.15) is 0 Å². The Bertz CT molecular complexity index is 282. The van der Waals surface area contributed by atoms with E-state index in [1.54, 1.807) is 5.57 Å². The van der Waals surface area contributed by atoms with E-state index in [0.717, 1.165) is 23.7 Å². The Morgan fingerprint density at radius 3 is 2.67 bits per heavy atom. The zero-order chi connectivity index (χ0) is 11.0. The van der Waals surface area contributed by atoms with E-state index in [4.69, 9.17) is 0 Å². The summed E-state index contributed by atoms with van der Waals surface area (Å²) >= 11 is 0. The molecule has 0 N–H and O–H groups in total. The third kappa shape index (κ3) is 2.04. The van der Waals surface area contributed by atoms with Gasteiger partial charge in [0.25, 0.3) is 0 Å². The minimum atomic E-state index is 0.801. The summed E-state index contributed by atoms with van der Waals surface area (Å²) in [6, 6.07) is 0. The van der Waals surface area contributed by atoms with Crippen LogP contribution in [0.15, 0.2) is 23.8 Å². The Hall–Kier alpha value is -0.520. The molecule has 0 aromatic carbocycles. The van der Waals surface area contributed by atoms with Crippen LogP contribution in [-0.4, -0.2) is 0 Å². The first-order valence-corrected chi connectivity index (χ1v) is 6.44. The average Bonchev–Trinajstić information content (AvgIpc) is 2.17. The number of fused-ring (bicyclic) bond motifs is 1. The lowest BCUT2D eigenvalue weighted by molar-refractivity contribution is 0.179. The van der Waals surface area contributed by atoms with Crippen LogP contribution in [0.25, 0.3) is 0 Å². The summed E-state index contributed by atoms with van der Waals surface area (Å²) in [5.41, 5.74) is 3.14. The minimum absolute atomic E-state index is 0.801. The first-order chi connectivity index (χ1) is 7.09. The molecule has 0 radical (unpaired) electrons. The SMILES string of the molecule is C=C1CC[C@@H](C(C)C)[C@H]2C=C(C)CC[C@H]12. The van der Waals surface area contributed by atoms with Crippen LogP contribution in [-0.2, 0) is 0 Å². The highest BCUT2D eigenvalue weighted by Gasteiger charge is 2.36. The molecule has 0 unspecified atom stereocenters. The topological polar surface area (TPSA) is 0 Å². The fourth-order valence-corrected chi connectivity index (χ4v) is 3.51. The predicted molar refractivity (Wildman–Crippen MR) is 66.7 cm³/mol. The van der Waals surface area contributed by atoms with Gasteiger partial charge in [0.15, 0.2) is 0 Å². The molecule has 15 heavy (non-hydrogen) atoms. The van der Waals surface area contributed by atoms with E-state index >= 15 is 0 Å². The van der Waals surface area contributed by atoms with E-state index in [1.165, 1.54) is 31.3 Å². The molecule has 0 heteroatoms. The van der Waals surface area contributed by atoms with Crippen molar-refractivity contribution in [3.63, 3.8) is 0 Å². The van der Waals surface area contributed by atoms with Gasteiger partial charge in [-0.25, -0.2) is 0 Å². The van der Waals surface area contributed by atoms with Crippen LogP contribution in [0.2, 0.25) is 0 Å². The summed E-state index contributed by atoms with van der Waals surface area (Å²) in [6.45, 7) is 11.3.